The van der Waals surface area contributed by atoms with Crippen LogP contribution in [0.25, 0.3) is 0 Å². The quantitative estimate of drug-likeness (QED) is 0.374. The van der Waals surface area contributed by atoms with E-state index in [-0.39, 0.29) is 44.5 Å². The molecular formula is C37H41ClFN5O8S. The number of nitrogens with zero attached hydrogens (tertiary/aromatic N) is 2. The molecule has 0 radical (unpaired) electrons. The van der Waals surface area contributed by atoms with Crippen molar-refractivity contribution in [2.24, 2.45) is 5.92 Å². The zero-order chi connectivity index (χ0) is 37.5. The Bertz CT molecular complexity index is 1960. The summed E-state index contributed by atoms with van der Waals surface area (Å²) < 4.78 is 48.0. The first-order valence-corrected chi connectivity index (χ1v) is 19.9. The molecule has 3 aliphatic heterocycles. The van der Waals surface area contributed by atoms with Gasteiger partial charge in [0.15, 0.2) is 0 Å². The SMILES string of the molecule is O=C(N[C@H]1CCCCCC=C[C@H]2C[C@@]2(C(=O)NS(=O)(=O)C2CC2)NC(=O)[C@@H]2C[C@@H](OC(=O)N3Cc4cccc(F)c4C3)CN2C1=O)c1ccc(Cl)cc1. The van der Waals surface area contributed by atoms with Crippen LogP contribution in [0.15, 0.2) is 54.6 Å². The lowest BCUT2D eigenvalue weighted by molar-refractivity contribution is -0.141. The smallest absolute Gasteiger partial charge is 0.410 e. The molecule has 0 unspecified atom stereocenters. The first-order chi connectivity index (χ1) is 25.3. The fourth-order valence-electron chi connectivity index (χ4n) is 7.42. The van der Waals surface area contributed by atoms with Crippen LogP contribution >= 0.6 is 11.6 Å². The van der Waals surface area contributed by atoms with Gasteiger partial charge in [-0.05, 0) is 74.4 Å². The van der Waals surface area contributed by atoms with Gasteiger partial charge in [0.2, 0.25) is 21.8 Å². The van der Waals surface area contributed by atoms with E-state index in [1.807, 2.05) is 12.2 Å². The number of nitrogens with one attached hydrogen (secondary N) is 3. The molecule has 1 saturated heterocycles. The Kier molecular flexibility index (Phi) is 10.2. The van der Waals surface area contributed by atoms with Gasteiger partial charge < -0.3 is 20.3 Å². The first-order valence-electron chi connectivity index (χ1n) is 18.0. The molecule has 5 atom stereocenters. The first kappa shape index (κ1) is 36.8. The van der Waals surface area contributed by atoms with Gasteiger partial charge in [0, 0.05) is 35.0 Å². The van der Waals surface area contributed by atoms with Crippen LogP contribution in [0.4, 0.5) is 9.18 Å². The minimum Gasteiger partial charge on any atom is -0.444 e. The third kappa shape index (κ3) is 7.91. The summed E-state index contributed by atoms with van der Waals surface area (Å²) in [5.41, 5.74) is -0.247. The molecule has 16 heteroatoms. The lowest BCUT2D eigenvalue weighted by Gasteiger charge is -2.30. The van der Waals surface area contributed by atoms with E-state index in [9.17, 15) is 36.8 Å². The Balaban J connectivity index is 1.15. The van der Waals surface area contributed by atoms with Crippen molar-refractivity contribution in [2.75, 3.05) is 6.54 Å². The number of allylic oxidation sites excluding steroid dienone is 1. The van der Waals surface area contributed by atoms with Gasteiger partial charge in [0.1, 0.15) is 29.5 Å². The van der Waals surface area contributed by atoms with Crippen molar-refractivity contribution in [3.8, 4) is 0 Å². The fourth-order valence-corrected chi connectivity index (χ4v) is 8.91. The van der Waals surface area contributed by atoms with Gasteiger partial charge in [-0.1, -0.05) is 48.7 Å². The zero-order valence-electron chi connectivity index (χ0n) is 28.9. The highest BCUT2D eigenvalue weighted by molar-refractivity contribution is 7.91. The number of benzene rings is 2. The Hall–Kier alpha value is -4.50. The highest BCUT2D eigenvalue weighted by Gasteiger charge is 2.62. The molecule has 0 aromatic heterocycles. The third-order valence-corrected chi connectivity index (χ3v) is 12.8. The topological polar surface area (TPSA) is 171 Å². The fraction of sp³-hybridized carbons (Fsp3) is 0.486. The second-order valence-electron chi connectivity index (χ2n) is 14.5. The van der Waals surface area contributed by atoms with E-state index in [1.165, 1.54) is 28.0 Å². The average molecular weight is 770 g/mol. The van der Waals surface area contributed by atoms with Crippen LogP contribution in [-0.2, 0) is 42.2 Å². The lowest BCUT2D eigenvalue weighted by Crippen LogP contribution is -2.58. The summed E-state index contributed by atoms with van der Waals surface area (Å²) in [6.45, 7) is -0.0702. The van der Waals surface area contributed by atoms with Gasteiger partial charge >= 0.3 is 6.09 Å². The molecule has 7 rings (SSSR count). The number of fused-ring (bicyclic) bond motifs is 3. The maximum absolute atomic E-state index is 14.4. The summed E-state index contributed by atoms with van der Waals surface area (Å²) in [5.74, 6) is -3.57. The average Bonchev–Trinajstić information content (AvgIpc) is 4.01. The standard InChI is InChI=1S/C37H41ClFN5O8S/c38-25-13-11-22(12-14-25)32(45)40-30-10-5-3-1-2-4-8-24-18-37(24,35(48)42-53(50,51)27-15-16-27)41-33(46)31-17-26(20-44(31)34(30)47)52-36(49)43-19-23-7-6-9-29(39)28(23)21-43/h4,6-9,11-14,24,26-27,30-31H,1-3,5,10,15-21H2,(H,40,45)(H,41,46)(H,42,48)/t24-,26+,30-,31-,37+/m0/s1. The van der Waals surface area contributed by atoms with E-state index in [0.717, 1.165) is 12.8 Å². The number of carbonyl (C=O) groups excluding carboxylic acids is 5. The lowest BCUT2D eigenvalue weighted by atomic mass is 10.0. The molecule has 3 fully saturated rings. The van der Waals surface area contributed by atoms with E-state index in [2.05, 4.69) is 15.4 Å². The van der Waals surface area contributed by atoms with Crippen molar-refractivity contribution in [3.63, 3.8) is 0 Å². The second kappa shape index (κ2) is 14.7. The van der Waals surface area contributed by atoms with Crippen molar-refractivity contribution in [2.45, 2.75) is 99.9 Å². The van der Waals surface area contributed by atoms with Crippen molar-refractivity contribution in [1.29, 1.82) is 0 Å². The van der Waals surface area contributed by atoms with E-state index in [4.69, 9.17) is 16.3 Å². The normalized spacial score (nSPS) is 27.4. The molecule has 5 aliphatic rings. The Morgan fingerprint density at radius 2 is 1.77 bits per heavy atom. The molecule has 13 nitrogen and oxygen atoms in total. The molecule has 2 aromatic carbocycles. The third-order valence-electron chi connectivity index (χ3n) is 10.7. The second-order valence-corrected chi connectivity index (χ2v) is 16.9. The molecule has 0 bridgehead atoms. The number of hydrogen-bond acceptors (Lipinski definition) is 8. The number of carbonyl (C=O) groups is 5. The minimum atomic E-state index is -3.93. The number of rotatable bonds is 6. The molecule has 3 heterocycles. The number of sulfonamides is 1. The summed E-state index contributed by atoms with van der Waals surface area (Å²) in [6.07, 6.45) is 5.92. The van der Waals surface area contributed by atoms with E-state index < -0.39 is 80.5 Å². The number of amides is 5. The van der Waals surface area contributed by atoms with Crippen LogP contribution in [0.5, 0.6) is 0 Å². The van der Waals surface area contributed by atoms with Gasteiger partial charge in [-0.2, -0.15) is 0 Å². The summed E-state index contributed by atoms with van der Waals surface area (Å²) in [7, 11) is -3.93. The van der Waals surface area contributed by atoms with E-state index >= 15 is 0 Å². The van der Waals surface area contributed by atoms with Crippen LogP contribution in [-0.4, -0.2) is 83.5 Å². The Morgan fingerprint density at radius 3 is 2.51 bits per heavy atom. The summed E-state index contributed by atoms with van der Waals surface area (Å²) >= 11 is 6.01. The zero-order valence-corrected chi connectivity index (χ0v) is 30.5. The molecule has 282 valence electrons. The number of ether oxygens (including phenoxy) is 1. The van der Waals surface area contributed by atoms with E-state index in [1.54, 1.807) is 24.3 Å². The van der Waals surface area contributed by atoms with Crippen molar-refractivity contribution in [3.05, 3.63) is 82.1 Å². The monoisotopic (exact) mass is 769 g/mol. The van der Waals surface area contributed by atoms with E-state index in [0.29, 0.717) is 41.8 Å². The molecular weight excluding hydrogens is 729 g/mol. The molecule has 2 aliphatic carbocycles. The molecule has 2 aromatic rings. The minimum absolute atomic E-state index is 0.00474. The van der Waals surface area contributed by atoms with Crippen LogP contribution in [0, 0.1) is 11.7 Å². The van der Waals surface area contributed by atoms with Crippen LogP contribution in [0.1, 0.15) is 79.3 Å². The molecule has 53 heavy (non-hydrogen) atoms. The molecule has 2 saturated carbocycles. The van der Waals surface area contributed by atoms with Crippen molar-refractivity contribution < 1.29 is 41.5 Å². The van der Waals surface area contributed by atoms with Gasteiger partial charge in [0.05, 0.1) is 18.3 Å². The number of hydrogen-bond donors (Lipinski definition) is 3. The summed E-state index contributed by atoms with van der Waals surface area (Å²) in [4.78, 5) is 71.6. The van der Waals surface area contributed by atoms with Crippen LogP contribution < -0.4 is 15.4 Å². The summed E-state index contributed by atoms with van der Waals surface area (Å²) in [6, 6.07) is 8.50. The van der Waals surface area contributed by atoms with Crippen LogP contribution in [0.3, 0.4) is 0 Å². The van der Waals surface area contributed by atoms with Crippen molar-refractivity contribution >= 4 is 51.3 Å². The largest absolute Gasteiger partial charge is 0.444 e. The maximum Gasteiger partial charge on any atom is 0.410 e. The van der Waals surface area contributed by atoms with Crippen molar-refractivity contribution in [1.82, 2.24) is 25.2 Å². The van der Waals surface area contributed by atoms with Gasteiger partial charge in [0.25, 0.3) is 11.8 Å². The van der Waals surface area contributed by atoms with Gasteiger partial charge in [-0.3, -0.25) is 28.8 Å². The highest BCUT2D eigenvalue weighted by atomic mass is 35.5. The Morgan fingerprint density at radius 1 is 1.00 bits per heavy atom. The predicted molar refractivity (Wildman–Crippen MR) is 190 cm³/mol. The molecule has 5 amide bonds. The van der Waals surface area contributed by atoms with Gasteiger partial charge in [-0.25, -0.2) is 17.6 Å². The predicted octanol–water partition coefficient (Wildman–Crippen LogP) is 3.70. The summed E-state index contributed by atoms with van der Waals surface area (Å²) in [5, 5.41) is 5.39. The van der Waals surface area contributed by atoms with Gasteiger partial charge in [-0.15, -0.1) is 0 Å². The highest BCUT2D eigenvalue weighted by Crippen LogP contribution is 2.46. The number of halogens is 2. The Labute approximate surface area is 311 Å². The molecule has 0 spiro atoms. The van der Waals surface area contributed by atoms with Crippen LogP contribution in [0.2, 0.25) is 5.02 Å². The maximum atomic E-state index is 14.4. The molecule has 3 N–H and O–H groups in total.